The van der Waals surface area contributed by atoms with Crippen molar-refractivity contribution in [3.8, 4) is 0 Å². The predicted molar refractivity (Wildman–Crippen MR) is 57.2 cm³/mol. The van der Waals surface area contributed by atoms with Crippen LogP contribution in [0.2, 0.25) is 0 Å². The third-order valence-corrected chi connectivity index (χ3v) is 3.74. The minimum atomic E-state index is 0.312. The molecule has 0 saturated carbocycles. The van der Waals surface area contributed by atoms with Gasteiger partial charge in [0, 0.05) is 25.2 Å². The van der Waals surface area contributed by atoms with Crippen molar-refractivity contribution < 1.29 is 4.74 Å². The van der Waals surface area contributed by atoms with E-state index in [0.717, 1.165) is 19.5 Å². The van der Waals surface area contributed by atoms with Gasteiger partial charge in [-0.05, 0) is 26.2 Å². The number of hydrogen-bond acceptors (Lipinski definition) is 3. The second-order valence-corrected chi connectivity index (χ2v) is 4.72. The van der Waals surface area contributed by atoms with Crippen LogP contribution >= 0.6 is 0 Å². The van der Waals surface area contributed by atoms with E-state index < -0.39 is 0 Å². The van der Waals surface area contributed by atoms with E-state index in [-0.39, 0.29) is 0 Å². The lowest BCUT2D eigenvalue weighted by Gasteiger charge is -2.38. The molecule has 0 aromatic heterocycles. The van der Waals surface area contributed by atoms with Crippen LogP contribution in [-0.2, 0) is 4.74 Å². The average Bonchev–Trinajstić information content (AvgIpc) is 2.55. The summed E-state index contributed by atoms with van der Waals surface area (Å²) in [6.07, 6.45) is 4.53. The van der Waals surface area contributed by atoms with E-state index in [2.05, 4.69) is 18.7 Å². The molecule has 4 atom stereocenters. The SMILES string of the molecule is CCC(N)C(C)N1CC2CCC(C1)O2. The molecule has 0 radical (unpaired) electrons. The lowest BCUT2D eigenvalue weighted by molar-refractivity contribution is -0.0534. The molecule has 0 amide bonds. The van der Waals surface area contributed by atoms with Gasteiger partial charge in [-0.2, -0.15) is 0 Å². The Balaban J connectivity index is 1.92. The Morgan fingerprint density at radius 2 is 1.93 bits per heavy atom. The molecule has 0 aromatic carbocycles. The normalized spacial score (nSPS) is 37.1. The van der Waals surface area contributed by atoms with Crippen molar-refractivity contribution in [3.63, 3.8) is 0 Å². The molecule has 2 heterocycles. The Labute approximate surface area is 86.6 Å². The van der Waals surface area contributed by atoms with Gasteiger partial charge in [0.2, 0.25) is 0 Å². The van der Waals surface area contributed by atoms with E-state index in [0.29, 0.717) is 24.3 Å². The number of ether oxygens (including phenoxy) is 1. The predicted octanol–water partition coefficient (Wildman–Crippen LogP) is 0.975. The van der Waals surface area contributed by atoms with Crippen molar-refractivity contribution >= 4 is 0 Å². The summed E-state index contributed by atoms with van der Waals surface area (Å²) in [6, 6.07) is 0.819. The van der Waals surface area contributed by atoms with Gasteiger partial charge in [-0.3, -0.25) is 4.90 Å². The van der Waals surface area contributed by atoms with Gasteiger partial charge in [-0.1, -0.05) is 6.92 Å². The summed E-state index contributed by atoms with van der Waals surface area (Å²) < 4.78 is 5.81. The van der Waals surface area contributed by atoms with Crippen LogP contribution in [0.15, 0.2) is 0 Å². The summed E-state index contributed by atoms with van der Waals surface area (Å²) >= 11 is 0. The Morgan fingerprint density at radius 1 is 1.36 bits per heavy atom. The lowest BCUT2D eigenvalue weighted by Crippen LogP contribution is -2.53. The Bertz CT molecular complexity index is 186. The average molecular weight is 198 g/mol. The van der Waals surface area contributed by atoms with E-state index in [4.69, 9.17) is 10.5 Å². The van der Waals surface area contributed by atoms with Crippen LogP contribution in [0.1, 0.15) is 33.1 Å². The fourth-order valence-electron chi connectivity index (χ4n) is 2.59. The van der Waals surface area contributed by atoms with Crippen LogP contribution in [0.5, 0.6) is 0 Å². The number of morpholine rings is 1. The van der Waals surface area contributed by atoms with Crippen LogP contribution in [0.4, 0.5) is 0 Å². The highest BCUT2D eigenvalue weighted by atomic mass is 16.5. The minimum Gasteiger partial charge on any atom is -0.372 e. The second kappa shape index (κ2) is 4.17. The largest absolute Gasteiger partial charge is 0.372 e. The maximum absolute atomic E-state index is 6.08. The Morgan fingerprint density at radius 3 is 2.43 bits per heavy atom. The van der Waals surface area contributed by atoms with Gasteiger partial charge in [0.15, 0.2) is 0 Å². The first-order valence-corrected chi connectivity index (χ1v) is 5.85. The zero-order valence-corrected chi connectivity index (χ0v) is 9.28. The van der Waals surface area contributed by atoms with E-state index >= 15 is 0 Å². The molecule has 2 aliphatic heterocycles. The third kappa shape index (κ3) is 1.95. The van der Waals surface area contributed by atoms with Gasteiger partial charge in [-0.25, -0.2) is 0 Å². The van der Waals surface area contributed by atoms with Crippen LogP contribution in [0.25, 0.3) is 0 Å². The number of hydrogen-bond donors (Lipinski definition) is 1. The van der Waals surface area contributed by atoms with Gasteiger partial charge in [0.1, 0.15) is 0 Å². The van der Waals surface area contributed by atoms with Crippen LogP contribution in [0, 0.1) is 0 Å². The summed E-state index contributed by atoms with van der Waals surface area (Å²) in [5.41, 5.74) is 6.08. The monoisotopic (exact) mass is 198 g/mol. The molecule has 4 unspecified atom stereocenters. The zero-order chi connectivity index (χ0) is 10.1. The van der Waals surface area contributed by atoms with Crippen molar-refractivity contribution in [3.05, 3.63) is 0 Å². The summed E-state index contributed by atoms with van der Waals surface area (Å²) in [5.74, 6) is 0. The number of likely N-dealkylation sites (tertiary alicyclic amines) is 1. The molecule has 0 spiro atoms. The Hall–Kier alpha value is -0.120. The summed E-state index contributed by atoms with van der Waals surface area (Å²) in [5, 5.41) is 0. The molecular weight excluding hydrogens is 176 g/mol. The molecular formula is C11H22N2O. The number of fused-ring (bicyclic) bond motifs is 2. The van der Waals surface area contributed by atoms with E-state index in [1.54, 1.807) is 0 Å². The fraction of sp³-hybridized carbons (Fsp3) is 1.00. The molecule has 14 heavy (non-hydrogen) atoms. The van der Waals surface area contributed by atoms with Crippen molar-refractivity contribution in [2.24, 2.45) is 5.73 Å². The van der Waals surface area contributed by atoms with Crippen LogP contribution in [0.3, 0.4) is 0 Å². The minimum absolute atomic E-state index is 0.312. The molecule has 2 fully saturated rings. The van der Waals surface area contributed by atoms with Crippen molar-refractivity contribution in [2.45, 2.75) is 57.4 Å². The number of rotatable bonds is 3. The standard InChI is InChI=1S/C11H22N2O/c1-3-11(12)8(2)13-6-9-4-5-10(7-13)14-9/h8-11H,3-7,12H2,1-2H3. The van der Waals surface area contributed by atoms with Crippen LogP contribution < -0.4 is 5.73 Å². The lowest BCUT2D eigenvalue weighted by atomic mass is 10.1. The first-order chi connectivity index (χ1) is 6.70. The maximum atomic E-state index is 6.08. The summed E-state index contributed by atoms with van der Waals surface area (Å²) in [7, 11) is 0. The topological polar surface area (TPSA) is 38.5 Å². The molecule has 3 heteroatoms. The van der Waals surface area contributed by atoms with Crippen molar-refractivity contribution in [1.29, 1.82) is 0 Å². The second-order valence-electron chi connectivity index (χ2n) is 4.72. The molecule has 2 aliphatic rings. The quantitative estimate of drug-likeness (QED) is 0.734. The van der Waals surface area contributed by atoms with Crippen LogP contribution in [-0.4, -0.2) is 42.3 Å². The van der Waals surface area contributed by atoms with E-state index in [9.17, 15) is 0 Å². The first-order valence-electron chi connectivity index (χ1n) is 5.85. The zero-order valence-electron chi connectivity index (χ0n) is 9.28. The van der Waals surface area contributed by atoms with Gasteiger partial charge in [-0.15, -0.1) is 0 Å². The Kier molecular flexibility index (Phi) is 3.10. The fourth-order valence-corrected chi connectivity index (χ4v) is 2.59. The highest BCUT2D eigenvalue weighted by Crippen LogP contribution is 2.27. The molecule has 3 nitrogen and oxygen atoms in total. The molecule has 0 aromatic rings. The molecule has 2 N–H and O–H groups in total. The number of nitrogens with two attached hydrogens (primary N) is 1. The highest BCUT2D eigenvalue weighted by Gasteiger charge is 2.36. The molecule has 2 rings (SSSR count). The van der Waals surface area contributed by atoms with Crippen molar-refractivity contribution in [2.75, 3.05) is 13.1 Å². The van der Waals surface area contributed by atoms with E-state index in [1.165, 1.54) is 12.8 Å². The summed E-state index contributed by atoms with van der Waals surface area (Å²) in [4.78, 5) is 2.51. The molecule has 0 aliphatic carbocycles. The first kappa shape index (κ1) is 10.4. The van der Waals surface area contributed by atoms with Gasteiger partial charge in [0.05, 0.1) is 12.2 Å². The maximum Gasteiger partial charge on any atom is 0.0707 e. The molecule has 2 saturated heterocycles. The molecule has 2 bridgehead atoms. The van der Waals surface area contributed by atoms with Gasteiger partial charge in [0.25, 0.3) is 0 Å². The van der Waals surface area contributed by atoms with Gasteiger partial charge >= 0.3 is 0 Å². The highest BCUT2D eigenvalue weighted by molar-refractivity contribution is 4.89. The molecule has 82 valence electrons. The summed E-state index contributed by atoms with van der Waals surface area (Å²) in [6.45, 7) is 6.59. The van der Waals surface area contributed by atoms with Gasteiger partial charge < -0.3 is 10.5 Å². The van der Waals surface area contributed by atoms with E-state index in [1.807, 2.05) is 0 Å². The third-order valence-electron chi connectivity index (χ3n) is 3.74. The van der Waals surface area contributed by atoms with Crippen molar-refractivity contribution in [1.82, 2.24) is 4.90 Å². The number of nitrogens with zero attached hydrogens (tertiary/aromatic N) is 1. The smallest absolute Gasteiger partial charge is 0.0707 e.